The van der Waals surface area contributed by atoms with Crippen LogP contribution in [0.25, 0.3) is 0 Å². The van der Waals surface area contributed by atoms with Crippen molar-refractivity contribution in [3.8, 4) is 0 Å². The first-order valence-electron chi connectivity index (χ1n) is 9.53. The average Bonchev–Trinajstić information content (AvgIpc) is 3.28. The lowest BCUT2D eigenvalue weighted by Gasteiger charge is -2.19. The van der Waals surface area contributed by atoms with Crippen molar-refractivity contribution < 1.29 is 19.1 Å². The molecule has 6 nitrogen and oxygen atoms in total. The molecular formula is C20H24N2O4. The lowest BCUT2D eigenvalue weighted by molar-refractivity contribution is -0.122. The lowest BCUT2D eigenvalue weighted by atomic mass is 9.81. The Morgan fingerprint density at radius 1 is 1.00 bits per heavy atom. The highest BCUT2D eigenvalue weighted by atomic mass is 16.5. The fraction of sp³-hybridized carbons (Fsp3) is 0.550. The number of hydrogen-bond acceptors (Lipinski definition) is 4. The average molecular weight is 356 g/mol. The van der Waals surface area contributed by atoms with Crippen LogP contribution in [-0.4, -0.2) is 37.0 Å². The molecule has 3 fully saturated rings. The van der Waals surface area contributed by atoms with E-state index in [-0.39, 0.29) is 35.7 Å². The highest BCUT2D eigenvalue weighted by molar-refractivity contribution is 6.22. The molecule has 3 atom stereocenters. The van der Waals surface area contributed by atoms with Crippen molar-refractivity contribution in [2.75, 3.05) is 18.1 Å². The number of carbonyl (C=O) groups is 3. The molecular weight excluding hydrogens is 332 g/mol. The zero-order valence-electron chi connectivity index (χ0n) is 14.8. The number of hydrogen-bond donors (Lipinski definition) is 1. The Morgan fingerprint density at radius 2 is 1.65 bits per heavy atom. The van der Waals surface area contributed by atoms with Gasteiger partial charge in [0.2, 0.25) is 11.8 Å². The van der Waals surface area contributed by atoms with Gasteiger partial charge in [-0.2, -0.15) is 0 Å². The number of rotatable bonds is 4. The van der Waals surface area contributed by atoms with E-state index in [4.69, 9.17) is 4.74 Å². The minimum absolute atomic E-state index is 0.0877. The van der Waals surface area contributed by atoms with Crippen molar-refractivity contribution in [1.82, 2.24) is 5.32 Å². The molecule has 1 N–H and O–H groups in total. The van der Waals surface area contributed by atoms with Crippen LogP contribution in [0.2, 0.25) is 0 Å². The van der Waals surface area contributed by atoms with Crippen LogP contribution >= 0.6 is 0 Å². The Bertz CT molecular complexity index is 685. The molecule has 6 heteroatoms. The van der Waals surface area contributed by atoms with Gasteiger partial charge in [0.15, 0.2) is 0 Å². The molecule has 1 aliphatic carbocycles. The molecule has 0 unspecified atom stereocenters. The fourth-order valence-corrected chi connectivity index (χ4v) is 4.29. The third-order valence-corrected chi connectivity index (χ3v) is 5.74. The molecule has 1 aromatic rings. The minimum Gasteiger partial charge on any atom is -0.376 e. The molecule has 0 spiro atoms. The standard InChI is InChI=1S/C20H24N2O4/c23-18(21-12-15-4-3-11-26-15)13-7-9-14(10-8-13)22-19(24)16-5-1-2-6-17(16)20(22)25/h7-10,15-17H,1-6,11-12H2,(H,21,23)/t15-,16+,17+/m1/s1. The van der Waals surface area contributed by atoms with Gasteiger partial charge in [-0.15, -0.1) is 0 Å². The van der Waals surface area contributed by atoms with Gasteiger partial charge in [-0.1, -0.05) is 12.8 Å². The van der Waals surface area contributed by atoms with Crippen LogP contribution in [-0.2, 0) is 14.3 Å². The van der Waals surface area contributed by atoms with Crippen molar-refractivity contribution in [3.05, 3.63) is 29.8 Å². The number of benzene rings is 1. The van der Waals surface area contributed by atoms with E-state index < -0.39 is 0 Å². The maximum Gasteiger partial charge on any atom is 0.251 e. The zero-order valence-corrected chi connectivity index (χ0v) is 14.8. The van der Waals surface area contributed by atoms with Gasteiger partial charge in [-0.25, -0.2) is 0 Å². The highest BCUT2D eigenvalue weighted by Crippen LogP contribution is 2.40. The van der Waals surface area contributed by atoms with E-state index in [0.29, 0.717) is 17.8 Å². The van der Waals surface area contributed by atoms with Crippen molar-refractivity contribution in [1.29, 1.82) is 0 Å². The molecule has 1 aromatic carbocycles. The fourth-order valence-electron chi connectivity index (χ4n) is 4.29. The maximum atomic E-state index is 12.6. The third-order valence-electron chi connectivity index (χ3n) is 5.74. The van der Waals surface area contributed by atoms with Gasteiger partial charge in [-0.3, -0.25) is 19.3 Å². The maximum absolute atomic E-state index is 12.6. The van der Waals surface area contributed by atoms with Gasteiger partial charge in [0.25, 0.3) is 5.91 Å². The van der Waals surface area contributed by atoms with E-state index in [1.54, 1.807) is 24.3 Å². The highest BCUT2D eigenvalue weighted by Gasteiger charge is 2.48. The summed E-state index contributed by atoms with van der Waals surface area (Å²) < 4.78 is 5.50. The Kier molecular flexibility index (Phi) is 4.76. The van der Waals surface area contributed by atoms with Gasteiger partial charge in [0.1, 0.15) is 0 Å². The summed E-state index contributed by atoms with van der Waals surface area (Å²) in [5.74, 6) is -0.665. The van der Waals surface area contributed by atoms with E-state index in [1.807, 2.05) is 0 Å². The van der Waals surface area contributed by atoms with Gasteiger partial charge >= 0.3 is 0 Å². The summed E-state index contributed by atoms with van der Waals surface area (Å²) in [5, 5.41) is 2.88. The van der Waals surface area contributed by atoms with Crippen molar-refractivity contribution in [3.63, 3.8) is 0 Å². The van der Waals surface area contributed by atoms with Crippen LogP contribution in [0, 0.1) is 11.8 Å². The zero-order chi connectivity index (χ0) is 18.1. The molecule has 0 bridgehead atoms. The Balaban J connectivity index is 1.43. The second-order valence-corrected chi connectivity index (χ2v) is 7.40. The van der Waals surface area contributed by atoms with Gasteiger partial charge < -0.3 is 10.1 Å². The monoisotopic (exact) mass is 356 g/mol. The minimum atomic E-state index is -0.167. The Morgan fingerprint density at radius 3 is 2.23 bits per heavy atom. The number of nitrogens with one attached hydrogen (secondary N) is 1. The normalized spacial score (nSPS) is 28.3. The number of fused-ring (bicyclic) bond motifs is 1. The summed E-state index contributed by atoms with van der Waals surface area (Å²) >= 11 is 0. The van der Waals surface area contributed by atoms with Crippen LogP contribution in [0.15, 0.2) is 24.3 Å². The molecule has 4 rings (SSSR count). The van der Waals surface area contributed by atoms with Crippen LogP contribution in [0.4, 0.5) is 5.69 Å². The predicted molar refractivity (Wildman–Crippen MR) is 95.7 cm³/mol. The Labute approximate surface area is 152 Å². The van der Waals surface area contributed by atoms with E-state index >= 15 is 0 Å². The third kappa shape index (κ3) is 3.14. The SMILES string of the molecule is O=C(NC[C@H]1CCCO1)c1ccc(N2C(=O)[C@H]3CCCC[C@@H]3C2=O)cc1. The second kappa shape index (κ2) is 7.19. The summed E-state index contributed by atoms with van der Waals surface area (Å²) in [7, 11) is 0. The molecule has 0 radical (unpaired) electrons. The van der Waals surface area contributed by atoms with Crippen LogP contribution < -0.4 is 10.2 Å². The molecule has 3 amide bonds. The number of nitrogens with zero attached hydrogens (tertiary/aromatic N) is 1. The number of carbonyl (C=O) groups excluding carboxylic acids is 3. The second-order valence-electron chi connectivity index (χ2n) is 7.40. The molecule has 3 aliphatic rings. The lowest BCUT2D eigenvalue weighted by Crippen LogP contribution is -2.32. The summed E-state index contributed by atoms with van der Waals surface area (Å²) in [6.07, 6.45) is 5.73. The van der Waals surface area contributed by atoms with Gasteiger partial charge in [0, 0.05) is 18.7 Å². The number of anilines is 1. The first kappa shape index (κ1) is 17.2. The van der Waals surface area contributed by atoms with Crippen LogP contribution in [0.5, 0.6) is 0 Å². The molecule has 26 heavy (non-hydrogen) atoms. The van der Waals surface area contributed by atoms with Crippen molar-refractivity contribution in [2.24, 2.45) is 11.8 Å². The molecule has 2 heterocycles. The molecule has 2 aliphatic heterocycles. The van der Waals surface area contributed by atoms with Gasteiger partial charge in [-0.05, 0) is 49.9 Å². The summed E-state index contributed by atoms with van der Waals surface area (Å²) in [5.41, 5.74) is 1.08. The van der Waals surface area contributed by atoms with Crippen LogP contribution in [0.3, 0.4) is 0 Å². The number of ether oxygens (including phenoxy) is 1. The van der Waals surface area contributed by atoms with Crippen molar-refractivity contribution in [2.45, 2.75) is 44.6 Å². The smallest absolute Gasteiger partial charge is 0.251 e. The van der Waals surface area contributed by atoms with E-state index in [1.165, 1.54) is 4.90 Å². The number of imide groups is 1. The predicted octanol–water partition coefficient (Wildman–Crippen LogP) is 2.28. The topological polar surface area (TPSA) is 75.7 Å². The Hall–Kier alpha value is -2.21. The molecule has 0 aromatic heterocycles. The van der Waals surface area contributed by atoms with Gasteiger partial charge in [0.05, 0.1) is 23.6 Å². The van der Waals surface area contributed by atoms with E-state index in [0.717, 1.165) is 45.1 Å². The molecule has 1 saturated carbocycles. The summed E-state index contributed by atoms with van der Waals surface area (Å²) in [4.78, 5) is 38.8. The molecule has 138 valence electrons. The quantitative estimate of drug-likeness (QED) is 0.840. The van der Waals surface area contributed by atoms with Crippen LogP contribution in [0.1, 0.15) is 48.9 Å². The van der Waals surface area contributed by atoms with Crippen molar-refractivity contribution >= 4 is 23.4 Å². The number of amides is 3. The first-order valence-corrected chi connectivity index (χ1v) is 9.53. The summed E-state index contributed by atoms with van der Waals surface area (Å²) in [6.45, 7) is 1.27. The largest absolute Gasteiger partial charge is 0.376 e. The van der Waals surface area contributed by atoms with E-state index in [9.17, 15) is 14.4 Å². The summed E-state index contributed by atoms with van der Waals surface area (Å²) in [6, 6.07) is 6.72. The first-order chi connectivity index (χ1) is 12.6. The van der Waals surface area contributed by atoms with E-state index in [2.05, 4.69) is 5.32 Å². The molecule has 2 saturated heterocycles.